The van der Waals surface area contributed by atoms with Gasteiger partial charge in [-0.25, -0.2) is 0 Å². The summed E-state index contributed by atoms with van der Waals surface area (Å²) in [5.74, 6) is 1.64. The molecule has 0 aromatic heterocycles. The van der Waals surface area contributed by atoms with E-state index in [2.05, 4.69) is 5.32 Å². The third-order valence-electron chi connectivity index (χ3n) is 2.56. The number of carbonyl (C=O) groups is 1. The summed E-state index contributed by atoms with van der Waals surface area (Å²) in [7, 11) is 0. The molecule has 1 rings (SSSR count). The van der Waals surface area contributed by atoms with E-state index in [0.717, 1.165) is 18.6 Å². The highest BCUT2D eigenvalue weighted by atomic mass is 32.2. The van der Waals surface area contributed by atoms with E-state index in [9.17, 15) is 4.79 Å². The molecule has 0 atom stereocenters. The van der Waals surface area contributed by atoms with Crippen LogP contribution >= 0.6 is 11.8 Å². The normalized spacial score (nSPS) is 18.1. The first-order valence-electron chi connectivity index (χ1n) is 5.40. The van der Waals surface area contributed by atoms with Gasteiger partial charge in [-0.15, -0.1) is 11.8 Å². The molecule has 1 amide bonds. The van der Waals surface area contributed by atoms with Gasteiger partial charge in [0.1, 0.15) is 0 Å². The van der Waals surface area contributed by atoms with E-state index in [1.54, 1.807) is 11.8 Å². The SMILES string of the molecule is NCSCCC(=O)NC1CCCCC1. The van der Waals surface area contributed by atoms with Gasteiger partial charge in [-0.2, -0.15) is 0 Å². The van der Waals surface area contributed by atoms with Crippen molar-refractivity contribution in [1.82, 2.24) is 5.32 Å². The minimum Gasteiger partial charge on any atom is -0.353 e. The van der Waals surface area contributed by atoms with Crippen LogP contribution in [-0.2, 0) is 4.79 Å². The van der Waals surface area contributed by atoms with E-state index in [1.165, 1.54) is 19.3 Å². The summed E-state index contributed by atoms with van der Waals surface area (Å²) in [6.07, 6.45) is 6.80. The van der Waals surface area contributed by atoms with Crippen molar-refractivity contribution >= 4 is 17.7 Å². The Bertz CT molecular complexity index is 170. The van der Waals surface area contributed by atoms with Crippen LogP contribution in [0.5, 0.6) is 0 Å². The Morgan fingerprint density at radius 2 is 2.07 bits per heavy atom. The van der Waals surface area contributed by atoms with Crippen molar-refractivity contribution in [3.05, 3.63) is 0 Å². The van der Waals surface area contributed by atoms with Gasteiger partial charge in [-0.1, -0.05) is 19.3 Å². The molecular formula is C10H20N2OS. The van der Waals surface area contributed by atoms with Gasteiger partial charge in [0.25, 0.3) is 0 Å². The molecule has 1 fully saturated rings. The zero-order valence-corrected chi connectivity index (χ0v) is 9.44. The molecule has 1 aliphatic carbocycles. The topological polar surface area (TPSA) is 55.1 Å². The summed E-state index contributed by atoms with van der Waals surface area (Å²) >= 11 is 1.62. The molecular weight excluding hydrogens is 196 g/mol. The second kappa shape index (κ2) is 7.12. The van der Waals surface area contributed by atoms with Crippen LogP contribution in [0, 0.1) is 0 Å². The summed E-state index contributed by atoms with van der Waals surface area (Å²) < 4.78 is 0. The number of hydrogen-bond donors (Lipinski definition) is 2. The smallest absolute Gasteiger partial charge is 0.221 e. The van der Waals surface area contributed by atoms with Crippen LogP contribution in [0.4, 0.5) is 0 Å². The van der Waals surface area contributed by atoms with Crippen LogP contribution in [0.15, 0.2) is 0 Å². The van der Waals surface area contributed by atoms with Crippen molar-refractivity contribution in [3.63, 3.8) is 0 Å². The van der Waals surface area contributed by atoms with Gasteiger partial charge in [0, 0.05) is 24.1 Å². The van der Waals surface area contributed by atoms with Gasteiger partial charge in [-0.3, -0.25) is 4.79 Å². The second-order valence-corrected chi connectivity index (χ2v) is 4.88. The first-order valence-corrected chi connectivity index (χ1v) is 6.55. The number of hydrogen-bond acceptors (Lipinski definition) is 3. The standard InChI is InChI=1S/C10H20N2OS/c11-8-14-7-6-10(13)12-9-4-2-1-3-5-9/h9H,1-8,11H2,(H,12,13). The molecule has 0 radical (unpaired) electrons. The van der Waals surface area contributed by atoms with Crippen LogP contribution in [0.3, 0.4) is 0 Å². The van der Waals surface area contributed by atoms with Crippen molar-refractivity contribution in [2.75, 3.05) is 11.6 Å². The quantitative estimate of drug-likeness (QED) is 0.540. The largest absolute Gasteiger partial charge is 0.353 e. The van der Waals surface area contributed by atoms with E-state index in [-0.39, 0.29) is 5.91 Å². The summed E-state index contributed by atoms with van der Waals surface area (Å²) in [6, 6.07) is 0.444. The molecule has 3 N–H and O–H groups in total. The third kappa shape index (κ3) is 4.86. The Labute approximate surface area is 90.2 Å². The fourth-order valence-corrected chi connectivity index (χ4v) is 2.29. The van der Waals surface area contributed by atoms with Crippen molar-refractivity contribution in [2.45, 2.75) is 44.6 Å². The molecule has 0 saturated heterocycles. The highest BCUT2D eigenvalue weighted by molar-refractivity contribution is 7.99. The minimum atomic E-state index is 0.192. The Morgan fingerprint density at radius 1 is 1.36 bits per heavy atom. The molecule has 0 bridgehead atoms. The molecule has 1 saturated carbocycles. The number of carbonyl (C=O) groups excluding carboxylic acids is 1. The molecule has 0 spiro atoms. The van der Waals surface area contributed by atoms with Gasteiger partial charge >= 0.3 is 0 Å². The monoisotopic (exact) mass is 216 g/mol. The molecule has 0 heterocycles. The Morgan fingerprint density at radius 3 is 2.71 bits per heavy atom. The molecule has 4 heteroatoms. The molecule has 82 valence electrons. The Hall–Kier alpha value is -0.220. The Balaban J connectivity index is 2.06. The summed E-state index contributed by atoms with van der Waals surface area (Å²) in [6.45, 7) is 0. The number of amides is 1. The third-order valence-corrected chi connectivity index (χ3v) is 3.29. The van der Waals surface area contributed by atoms with Crippen LogP contribution < -0.4 is 11.1 Å². The number of nitrogens with one attached hydrogen (secondary N) is 1. The van der Waals surface area contributed by atoms with E-state index < -0.39 is 0 Å². The highest BCUT2D eigenvalue weighted by Crippen LogP contribution is 2.17. The molecule has 3 nitrogen and oxygen atoms in total. The fraction of sp³-hybridized carbons (Fsp3) is 0.900. The lowest BCUT2D eigenvalue weighted by Crippen LogP contribution is -2.36. The average molecular weight is 216 g/mol. The van der Waals surface area contributed by atoms with Crippen LogP contribution in [0.2, 0.25) is 0 Å². The molecule has 14 heavy (non-hydrogen) atoms. The summed E-state index contributed by atoms with van der Waals surface area (Å²) in [5, 5.41) is 3.08. The lowest BCUT2D eigenvalue weighted by Gasteiger charge is -2.22. The number of thioether (sulfide) groups is 1. The number of nitrogens with two attached hydrogens (primary N) is 1. The molecule has 0 aromatic carbocycles. The molecule has 0 aromatic rings. The van der Waals surface area contributed by atoms with Crippen LogP contribution in [-0.4, -0.2) is 23.6 Å². The van der Waals surface area contributed by atoms with Crippen molar-refractivity contribution in [3.8, 4) is 0 Å². The maximum Gasteiger partial charge on any atom is 0.221 e. The van der Waals surface area contributed by atoms with Crippen molar-refractivity contribution in [2.24, 2.45) is 5.73 Å². The zero-order chi connectivity index (χ0) is 10.2. The van der Waals surface area contributed by atoms with Crippen LogP contribution in [0.1, 0.15) is 38.5 Å². The maximum atomic E-state index is 11.4. The fourth-order valence-electron chi connectivity index (χ4n) is 1.79. The first kappa shape index (κ1) is 11.9. The molecule has 0 unspecified atom stereocenters. The van der Waals surface area contributed by atoms with Gasteiger partial charge in [0.2, 0.25) is 5.91 Å². The lowest BCUT2D eigenvalue weighted by atomic mass is 9.95. The van der Waals surface area contributed by atoms with Gasteiger partial charge in [0.15, 0.2) is 0 Å². The highest BCUT2D eigenvalue weighted by Gasteiger charge is 2.14. The van der Waals surface area contributed by atoms with E-state index in [1.807, 2.05) is 0 Å². The second-order valence-electron chi connectivity index (χ2n) is 3.73. The lowest BCUT2D eigenvalue weighted by molar-refractivity contribution is -0.121. The molecule has 1 aliphatic rings. The van der Waals surface area contributed by atoms with Crippen LogP contribution in [0.25, 0.3) is 0 Å². The van der Waals surface area contributed by atoms with E-state index >= 15 is 0 Å². The van der Waals surface area contributed by atoms with E-state index in [4.69, 9.17) is 5.73 Å². The zero-order valence-electron chi connectivity index (χ0n) is 8.63. The average Bonchev–Trinajstić information content (AvgIpc) is 2.20. The predicted octanol–water partition coefficient (Wildman–Crippen LogP) is 1.47. The number of rotatable bonds is 5. The van der Waals surface area contributed by atoms with Gasteiger partial charge < -0.3 is 11.1 Å². The summed E-state index contributed by atoms with van der Waals surface area (Å²) in [4.78, 5) is 11.4. The minimum absolute atomic E-state index is 0.192. The van der Waals surface area contributed by atoms with Gasteiger partial charge in [0.05, 0.1) is 0 Å². The van der Waals surface area contributed by atoms with Gasteiger partial charge in [-0.05, 0) is 12.8 Å². The van der Waals surface area contributed by atoms with E-state index in [0.29, 0.717) is 18.3 Å². The summed E-state index contributed by atoms with van der Waals surface area (Å²) in [5.41, 5.74) is 5.33. The maximum absolute atomic E-state index is 11.4. The molecule has 0 aliphatic heterocycles. The van der Waals surface area contributed by atoms with Crippen molar-refractivity contribution in [1.29, 1.82) is 0 Å². The predicted molar refractivity (Wildman–Crippen MR) is 61.1 cm³/mol. The van der Waals surface area contributed by atoms with Crippen molar-refractivity contribution < 1.29 is 4.79 Å². The first-order chi connectivity index (χ1) is 6.83. The Kier molecular flexibility index (Phi) is 6.03.